The van der Waals surface area contributed by atoms with Crippen LogP contribution in [0.15, 0.2) is 29.3 Å². The van der Waals surface area contributed by atoms with Gasteiger partial charge in [-0.05, 0) is 11.6 Å². The Balaban J connectivity index is 2.15. The smallest absolute Gasteiger partial charge is 0.217 e. The van der Waals surface area contributed by atoms with Crippen LogP contribution < -0.4 is 16.4 Å². The second-order valence-corrected chi connectivity index (χ2v) is 6.04. The molecule has 1 amide bonds. The van der Waals surface area contributed by atoms with Crippen molar-refractivity contribution in [3.05, 3.63) is 29.8 Å². The summed E-state index contributed by atoms with van der Waals surface area (Å²) in [6, 6.07) is 7.82. The fourth-order valence-electron chi connectivity index (χ4n) is 2.00. The number of benzene rings is 1. The summed E-state index contributed by atoms with van der Waals surface area (Å²) in [6.07, 6.45) is 1.62. The molecule has 0 bridgehead atoms. The molecule has 0 atom stereocenters. The number of nitrogen functional groups attached to an aromatic ring is 1. The number of amides is 1. The molecule has 0 radical (unpaired) electrons. The maximum absolute atomic E-state index is 11.1. The van der Waals surface area contributed by atoms with Crippen molar-refractivity contribution in [2.75, 3.05) is 31.3 Å². The van der Waals surface area contributed by atoms with Crippen LogP contribution in [0.2, 0.25) is 0 Å². The third-order valence-corrected chi connectivity index (χ3v) is 3.91. The zero-order valence-corrected chi connectivity index (χ0v) is 14.5. The minimum atomic E-state index is -0.0621. The number of carbonyl (C=O) groups excluding carboxylic acids is 1. The van der Waals surface area contributed by atoms with Gasteiger partial charge in [0, 0.05) is 26.1 Å². The molecule has 0 saturated carbocycles. The van der Waals surface area contributed by atoms with Crippen molar-refractivity contribution < 1.29 is 9.53 Å². The molecule has 4 N–H and O–H groups in total. The first-order valence-electron chi connectivity index (χ1n) is 7.44. The van der Waals surface area contributed by atoms with Gasteiger partial charge in [0.2, 0.25) is 5.91 Å². The number of rotatable bonds is 8. The molecule has 0 saturated heterocycles. The summed E-state index contributed by atoms with van der Waals surface area (Å²) in [5.41, 5.74) is 8.54. The molecule has 128 valence electrons. The van der Waals surface area contributed by atoms with Crippen molar-refractivity contribution >= 4 is 33.7 Å². The first-order chi connectivity index (χ1) is 11.6. The van der Waals surface area contributed by atoms with Gasteiger partial charge in [0.1, 0.15) is 10.7 Å². The van der Waals surface area contributed by atoms with E-state index in [-0.39, 0.29) is 5.91 Å². The van der Waals surface area contributed by atoms with Gasteiger partial charge in [-0.15, -0.1) is 0 Å². The van der Waals surface area contributed by atoms with Crippen molar-refractivity contribution in [2.45, 2.75) is 13.5 Å². The number of nitrogens with one attached hydrogen (secondary N) is 2. The fraction of sp³-hybridized carbons (Fsp3) is 0.312. The fourth-order valence-corrected chi connectivity index (χ4v) is 2.72. The average Bonchev–Trinajstić information content (AvgIpc) is 2.94. The van der Waals surface area contributed by atoms with E-state index in [9.17, 15) is 4.79 Å². The van der Waals surface area contributed by atoms with Crippen LogP contribution in [0.4, 0.5) is 10.1 Å². The summed E-state index contributed by atoms with van der Waals surface area (Å²) < 4.78 is 4.94. The molecule has 0 spiro atoms. The van der Waals surface area contributed by atoms with Gasteiger partial charge in [-0.1, -0.05) is 29.5 Å². The summed E-state index contributed by atoms with van der Waals surface area (Å²) in [4.78, 5) is 19.6. The Kier molecular flexibility index (Phi) is 6.71. The van der Waals surface area contributed by atoms with E-state index >= 15 is 0 Å². The highest BCUT2D eigenvalue weighted by Gasteiger charge is 2.11. The van der Waals surface area contributed by atoms with Crippen molar-refractivity contribution in [1.29, 1.82) is 0 Å². The van der Waals surface area contributed by atoms with E-state index in [2.05, 4.69) is 20.6 Å². The summed E-state index contributed by atoms with van der Waals surface area (Å²) in [5, 5.41) is 7.21. The molecule has 7 nitrogen and oxygen atoms in total. The molecular weight excluding hydrogens is 326 g/mol. The van der Waals surface area contributed by atoms with E-state index in [1.165, 1.54) is 18.3 Å². The number of anilines is 2. The van der Waals surface area contributed by atoms with Crippen LogP contribution in [-0.4, -0.2) is 37.5 Å². The van der Waals surface area contributed by atoms with E-state index in [0.29, 0.717) is 24.8 Å². The molecule has 2 rings (SSSR count). The molecule has 1 aromatic carbocycles. The van der Waals surface area contributed by atoms with Crippen LogP contribution in [0.25, 0.3) is 11.3 Å². The molecule has 0 aliphatic carbocycles. The second kappa shape index (κ2) is 8.99. The highest BCUT2D eigenvalue weighted by Crippen LogP contribution is 2.34. The Hall–Kier alpha value is -2.45. The topological polar surface area (TPSA) is 102 Å². The summed E-state index contributed by atoms with van der Waals surface area (Å²) in [6.45, 7) is 3.13. The Labute approximate surface area is 145 Å². The first-order valence-corrected chi connectivity index (χ1v) is 8.25. The van der Waals surface area contributed by atoms with Gasteiger partial charge in [-0.3, -0.25) is 9.79 Å². The molecule has 0 fully saturated rings. The predicted molar refractivity (Wildman–Crippen MR) is 98.3 cm³/mol. The highest BCUT2D eigenvalue weighted by molar-refractivity contribution is 7.20. The Morgan fingerprint density at radius 3 is 3.08 bits per heavy atom. The lowest BCUT2D eigenvalue weighted by Gasteiger charge is -2.06. The molecule has 0 aliphatic rings. The van der Waals surface area contributed by atoms with Crippen LogP contribution in [0.5, 0.6) is 0 Å². The Morgan fingerprint density at radius 2 is 2.33 bits per heavy atom. The van der Waals surface area contributed by atoms with E-state index < -0.39 is 0 Å². The standard InChI is InChI=1S/C16H21N5O2S/c1-11(22)19-9-12-4-3-5-13(8-12)14-15(24-16(17)21-14)20-10-18-6-7-23-2/h3-5,8,10H,6-7,9H2,1-2H3,(H2,17,21)(H,18,20)(H,19,22). The van der Waals surface area contributed by atoms with Gasteiger partial charge in [-0.25, -0.2) is 4.98 Å². The normalized spacial score (nSPS) is 10.9. The second-order valence-electron chi connectivity index (χ2n) is 5.01. The van der Waals surface area contributed by atoms with Gasteiger partial charge in [0.25, 0.3) is 0 Å². The quantitative estimate of drug-likeness (QED) is 0.386. The number of nitrogens with zero attached hydrogens (tertiary/aromatic N) is 2. The number of aliphatic imine (C=N–C) groups is 1. The van der Waals surface area contributed by atoms with Gasteiger partial charge in [-0.2, -0.15) is 0 Å². The number of thiazole rings is 1. The third-order valence-electron chi connectivity index (χ3n) is 3.10. The zero-order valence-electron chi connectivity index (χ0n) is 13.7. The number of carbonyl (C=O) groups is 1. The molecule has 24 heavy (non-hydrogen) atoms. The molecular formula is C16H21N5O2S. The average molecular weight is 347 g/mol. The van der Waals surface area contributed by atoms with Crippen molar-refractivity contribution in [2.24, 2.45) is 4.99 Å². The lowest BCUT2D eigenvalue weighted by atomic mass is 10.1. The van der Waals surface area contributed by atoms with Gasteiger partial charge >= 0.3 is 0 Å². The molecule has 0 aliphatic heterocycles. The summed E-state index contributed by atoms with van der Waals surface area (Å²) in [5.74, 6) is -0.0621. The van der Waals surface area contributed by atoms with Gasteiger partial charge in [0.05, 0.1) is 19.5 Å². The van der Waals surface area contributed by atoms with Crippen molar-refractivity contribution in [3.63, 3.8) is 0 Å². The third kappa shape index (κ3) is 5.32. The number of methoxy groups -OCH3 is 1. The van der Waals surface area contributed by atoms with E-state index in [1.54, 1.807) is 13.4 Å². The van der Waals surface area contributed by atoms with Crippen molar-refractivity contribution in [3.8, 4) is 11.3 Å². The van der Waals surface area contributed by atoms with Crippen LogP contribution in [0, 0.1) is 0 Å². The lowest BCUT2D eigenvalue weighted by molar-refractivity contribution is -0.119. The Morgan fingerprint density at radius 1 is 1.50 bits per heavy atom. The zero-order chi connectivity index (χ0) is 17.4. The van der Waals surface area contributed by atoms with Crippen LogP contribution >= 0.6 is 11.3 Å². The highest BCUT2D eigenvalue weighted by atomic mass is 32.1. The number of hydrogen-bond acceptors (Lipinski definition) is 6. The van der Waals surface area contributed by atoms with Crippen molar-refractivity contribution in [1.82, 2.24) is 10.3 Å². The van der Waals surface area contributed by atoms with Gasteiger partial charge < -0.3 is 21.1 Å². The Bertz CT molecular complexity index is 714. The maximum Gasteiger partial charge on any atom is 0.217 e. The first kappa shape index (κ1) is 17.9. The largest absolute Gasteiger partial charge is 0.383 e. The van der Waals surface area contributed by atoms with Crippen LogP contribution in [0.1, 0.15) is 12.5 Å². The molecule has 2 aromatic rings. The minimum Gasteiger partial charge on any atom is -0.383 e. The lowest BCUT2D eigenvalue weighted by Crippen LogP contribution is -2.18. The van der Waals surface area contributed by atoms with Crippen LogP contribution in [0.3, 0.4) is 0 Å². The minimum absolute atomic E-state index is 0.0621. The summed E-state index contributed by atoms with van der Waals surface area (Å²) >= 11 is 1.36. The number of aromatic nitrogens is 1. The van der Waals surface area contributed by atoms with E-state index in [0.717, 1.165) is 21.8 Å². The summed E-state index contributed by atoms with van der Waals surface area (Å²) in [7, 11) is 1.64. The van der Waals surface area contributed by atoms with Crippen LogP contribution in [-0.2, 0) is 16.1 Å². The van der Waals surface area contributed by atoms with E-state index in [4.69, 9.17) is 10.5 Å². The predicted octanol–water partition coefficient (Wildman–Crippen LogP) is 2.12. The monoisotopic (exact) mass is 347 g/mol. The van der Waals surface area contributed by atoms with Gasteiger partial charge in [0.15, 0.2) is 5.13 Å². The number of ether oxygens (including phenoxy) is 1. The molecule has 1 aromatic heterocycles. The maximum atomic E-state index is 11.1. The molecule has 1 heterocycles. The molecule has 0 unspecified atom stereocenters. The number of nitrogens with two attached hydrogens (primary N) is 1. The molecule has 8 heteroatoms. The van der Waals surface area contributed by atoms with E-state index in [1.807, 2.05) is 24.3 Å². The number of hydrogen-bond donors (Lipinski definition) is 3. The SMILES string of the molecule is COCCN=CNc1sc(N)nc1-c1cccc(CNC(C)=O)c1.